The van der Waals surface area contributed by atoms with Gasteiger partial charge in [0.2, 0.25) is 11.8 Å². The summed E-state index contributed by atoms with van der Waals surface area (Å²) in [7, 11) is 0. The summed E-state index contributed by atoms with van der Waals surface area (Å²) < 4.78 is 0. The molecule has 2 aromatic carbocycles. The first-order valence-corrected chi connectivity index (χ1v) is 12.2. The molecule has 4 heteroatoms. The molecular formula is C28H40N2O2. The molecule has 2 unspecified atom stereocenters. The van der Waals surface area contributed by atoms with Crippen LogP contribution in [-0.4, -0.2) is 29.3 Å². The molecule has 0 aliphatic rings. The molecule has 2 amide bonds. The lowest BCUT2D eigenvalue weighted by molar-refractivity contribution is -0.138. The molecule has 0 radical (unpaired) electrons. The van der Waals surface area contributed by atoms with Gasteiger partial charge < -0.3 is 10.2 Å². The van der Waals surface area contributed by atoms with Crippen LogP contribution in [0.4, 0.5) is 0 Å². The average Bonchev–Trinajstić information content (AvgIpc) is 2.83. The summed E-state index contributed by atoms with van der Waals surface area (Å²) in [6.07, 6.45) is 6.34. The van der Waals surface area contributed by atoms with Gasteiger partial charge in [-0.15, -0.1) is 0 Å². The van der Waals surface area contributed by atoms with Crippen LogP contribution in [0.2, 0.25) is 0 Å². The molecule has 174 valence electrons. The monoisotopic (exact) mass is 436 g/mol. The Hall–Kier alpha value is -2.62. The molecule has 0 aromatic heterocycles. The van der Waals surface area contributed by atoms with E-state index in [1.54, 1.807) is 0 Å². The topological polar surface area (TPSA) is 49.4 Å². The molecule has 1 N–H and O–H groups in total. The third-order valence-corrected chi connectivity index (χ3v) is 6.09. The maximum atomic E-state index is 13.7. The van der Waals surface area contributed by atoms with E-state index in [4.69, 9.17) is 0 Å². The predicted molar refractivity (Wildman–Crippen MR) is 132 cm³/mol. The van der Waals surface area contributed by atoms with Crippen LogP contribution in [0.5, 0.6) is 0 Å². The van der Waals surface area contributed by atoms with Crippen molar-refractivity contribution in [1.82, 2.24) is 10.2 Å². The first-order valence-electron chi connectivity index (χ1n) is 12.2. The van der Waals surface area contributed by atoms with Gasteiger partial charge in [0.25, 0.3) is 0 Å². The zero-order valence-corrected chi connectivity index (χ0v) is 20.1. The van der Waals surface area contributed by atoms with Gasteiger partial charge in [0.15, 0.2) is 0 Å². The van der Waals surface area contributed by atoms with Crippen molar-refractivity contribution in [2.75, 3.05) is 6.54 Å². The average molecular weight is 437 g/mol. The van der Waals surface area contributed by atoms with Crippen molar-refractivity contribution in [2.45, 2.75) is 78.3 Å². The number of hydrogen-bond acceptors (Lipinski definition) is 2. The summed E-state index contributed by atoms with van der Waals surface area (Å²) in [5, 5.41) is 3.08. The van der Waals surface area contributed by atoms with Gasteiger partial charge in [0.05, 0.1) is 0 Å². The molecule has 0 heterocycles. The third kappa shape index (κ3) is 8.86. The molecule has 0 saturated carbocycles. The molecule has 0 aliphatic carbocycles. The number of nitrogens with zero attached hydrogens (tertiary/aromatic N) is 1. The van der Waals surface area contributed by atoms with Gasteiger partial charge in [0, 0.05) is 19.5 Å². The molecule has 0 saturated heterocycles. The van der Waals surface area contributed by atoms with Crippen LogP contribution in [0.1, 0.15) is 70.4 Å². The fourth-order valence-corrected chi connectivity index (χ4v) is 3.82. The van der Waals surface area contributed by atoms with Gasteiger partial charge in [-0.1, -0.05) is 107 Å². The van der Waals surface area contributed by atoms with E-state index < -0.39 is 6.04 Å². The number of carbonyl (C=O) groups is 2. The summed E-state index contributed by atoms with van der Waals surface area (Å²) >= 11 is 0. The molecule has 2 rings (SSSR count). The number of carbonyl (C=O) groups excluding carboxylic acids is 2. The van der Waals surface area contributed by atoms with Crippen molar-refractivity contribution < 1.29 is 9.59 Å². The number of benzene rings is 2. The summed E-state index contributed by atoms with van der Waals surface area (Å²) in [6, 6.07) is 19.8. The molecule has 0 bridgehead atoms. The molecule has 0 spiro atoms. The van der Waals surface area contributed by atoms with E-state index in [0.717, 1.165) is 44.1 Å². The second-order valence-electron chi connectivity index (χ2n) is 8.72. The van der Waals surface area contributed by atoms with Gasteiger partial charge in [-0.3, -0.25) is 9.59 Å². The van der Waals surface area contributed by atoms with E-state index in [0.29, 0.717) is 19.5 Å². The number of nitrogens with one attached hydrogen (secondary N) is 1. The zero-order valence-electron chi connectivity index (χ0n) is 20.1. The Kier molecular flexibility index (Phi) is 11.6. The molecule has 2 atom stereocenters. The second kappa shape index (κ2) is 14.4. The quantitative estimate of drug-likeness (QED) is 0.383. The van der Waals surface area contributed by atoms with E-state index in [1.807, 2.05) is 53.4 Å². The smallest absolute Gasteiger partial charge is 0.245 e. The highest BCUT2D eigenvalue weighted by Crippen LogP contribution is 2.15. The number of unbranched alkanes of at least 4 members (excludes halogenated alkanes) is 3. The lowest BCUT2D eigenvalue weighted by Crippen LogP contribution is -2.51. The van der Waals surface area contributed by atoms with Gasteiger partial charge in [-0.25, -0.2) is 0 Å². The molecule has 0 aliphatic heterocycles. The van der Waals surface area contributed by atoms with E-state index in [9.17, 15) is 9.59 Å². The van der Waals surface area contributed by atoms with Crippen molar-refractivity contribution in [3.63, 3.8) is 0 Å². The number of amides is 2. The largest absolute Gasteiger partial charge is 0.344 e. The highest BCUT2D eigenvalue weighted by Gasteiger charge is 2.29. The Morgan fingerprint density at radius 2 is 1.50 bits per heavy atom. The Balaban J connectivity index is 2.12. The number of hydrogen-bond donors (Lipinski definition) is 1. The Labute approximate surface area is 194 Å². The van der Waals surface area contributed by atoms with Gasteiger partial charge in [0.1, 0.15) is 6.04 Å². The summed E-state index contributed by atoms with van der Waals surface area (Å²) in [5.41, 5.74) is 2.31. The van der Waals surface area contributed by atoms with Crippen molar-refractivity contribution in [1.29, 1.82) is 0 Å². The van der Waals surface area contributed by atoms with E-state index in [-0.39, 0.29) is 17.7 Å². The maximum Gasteiger partial charge on any atom is 0.245 e. The van der Waals surface area contributed by atoms with Crippen LogP contribution in [0.25, 0.3) is 0 Å². The molecule has 2 aromatic rings. The molecular weight excluding hydrogens is 396 g/mol. The lowest BCUT2D eigenvalue weighted by Gasteiger charge is -2.31. The zero-order chi connectivity index (χ0) is 23.2. The lowest BCUT2D eigenvalue weighted by atomic mass is 9.96. The Bertz CT molecular complexity index is 792. The van der Waals surface area contributed by atoms with Crippen LogP contribution in [0, 0.1) is 5.92 Å². The number of rotatable bonds is 14. The highest BCUT2D eigenvalue weighted by atomic mass is 16.2. The van der Waals surface area contributed by atoms with E-state index in [2.05, 4.69) is 38.2 Å². The van der Waals surface area contributed by atoms with Crippen molar-refractivity contribution in [3.05, 3.63) is 71.8 Å². The van der Waals surface area contributed by atoms with Crippen molar-refractivity contribution in [2.24, 2.45) is 5.92 Å². The molecule has 32 heavy (non-hydrogen) atoms. The summed E-state index contributed by atoms with van der Waals surface area (Å²) in [5.74, 6) is 0.0839. The molecule has 4 nitrogen and oxygen atoms in total. The van der Waals surface area contributed by atoms with Gasteiger partial charge >= 0.3 is 0 Å². The minimum Gasteiger partial charge on any atom is -0.344 e. The van der Waals surface area contributed by atoms with Gasteiger partial charge in [-0.2, -0.15) is 0 Å². The fraction of sp³-hybridized carbons (Fsp3) is 0.500. The van der Waals surface area contributed by atoms with E-state index in [1.165, 1.54) is 5.56 Å². The van der Waals surface area contributed by atoms with Gasteiger partial charge in [-0.05, 0) is 29.9 Å². The van der Waals surface area contributed by atoms with Crippen LogP contribution in [0.3, 0.4) is 0 Å². The third-order valence-electron chi connectivity index (χ3n) is 6.09. The SMILES string of the molecule is CCCCCCC(=O)NC(C(=O)N(CCc1ccccc1)Cc1ccccc1)C(C)CC. The van der Waals surface area contributed by atoms with Crippen molar-refractivity contribution >= 4 is 11.8 Å². The summed E-state index contributed by atoms with van der Waals surface area (Å²) in [6.45, 7) is 7.46. The Morgan fingerprint density at radius 1 is 0.875 bits per heavy atom. The first-order chi connectivity index (χ1) is 15.5. The maximum absolute atomic E-state index is 13.7. The predicted octanol–water partition coefficient (Wildman–Crippen LogP) is 5.76. The minimum atomic E-state index is -0.488. The normalized spacial score (nSPS) is 12.7. The van der Waals surface area contributed by atoms with Crippen LogP contribution in [0.15, 0.2) is 60.7 Å². The Morgan fingerprint density at radius 3 is 2.09 bits per heavy atom. The summed E-state index contributed by atoms with van der Waals surface area (Å²) in [4.78, 5) is 28.2. The highest BCUT2D eigenvalue weighted by molar-refractivity contribution is 5.88. The standard InChI is InChI=1S/C28H40N2O2/c1-4-6-7-14-19-26(31)29-27(23(3)5-2)28(32)30(22-25-17-12-9-13-18-25)21-20-24-15-10-8-11-16-24/h8-13,15-18,23,27H,4-7,14,19-22H2,1-3H3,(H,29,31). The minimum absolute atomic E-state index is 0.0116. The van der Waals surface area contributed by atoms with Crippen LogP contribution < -0.4 is 5.32 Å². The van der Waals surface area contributed by atoms with Crippen molar-refractivity contribution in [3.8, 4) is 0 Å². The fourth-order valence-electron chi connectivity index (χ4n) is 3.82. The van der Waals surface area contributed by atoms with Crippen LogP contribution >= 0.6 is 0 Å². The van der Waals surface area contributed by atoms with E-state index >= 15 is 0 Å². The molecule has 0 fully saturated rings. The van der Waals surface area contributed by atoms with Crippen LogP contribution in [-0.2, 0) is 22.6 Å². The second-order valence-corrected chi connectivity index (χ2v) is 8.72. The first kappa shape index (κ1) is 25.6.